The van der Waals surface area contributed by atoms with E-state index >= 15 is 0 Å². The Bertz CT molecular complexity index is 1910. The zero-order chi connectivity index (χ0) is 34.0. The van der Waals surface area contributed by atoms with Gasteiger partial charge in [-0.1, -0.05) is 30.1 Å². The highest BCUT2D eigenvalue weighted by Crippen LogP contribution is 2.41. The molecule has 0 spiro atoms. The number of benzene rings is 3. The van der Waals surface area contributed by atoms with Crippen LogP contribution in [0.3, 0.4) is 0 Å². The third-order valence-electron chi connectivity index (χ3n) is 9.15. The molecule has 2 fully saturated rings. The molecule has 256 valence electrons. The molecule has 5 aromatic rings. The van der Waals surface area contributed by atoms with Crippen LogP contribution in [0.1, 0.15) is 31.9 Å². The predicted octanol–water partition coefficient (Wildman–Crippen LogP) is 5.58. The zero-order valence-corrected chi connectivity index (χ0v) is 28.9. The van der Waals surface area contributed by atoms with Crippen molar-refractivity contribution in [2.24, 2.45) is 0 Å². The van der Waals surface area contributed by atoms with Gasteiger partial charge in [-0.15, -0.1) is 0 Å². The van der Waals surface area contributed by atoms with E-state index in [9.17, 15) is 4.79 Å². The Morgan fingerprint density at radius 2 is 1.59 bits per heavy atom. The smallest absolute Gasteiger partial charge is 0.350 e. The van der Waals surface area contributed by atoms with Crippen molar-refractivity contribution < 1.29 is 14.2 Å². The topological polar surface area (TPSA) is 105 Å². The van der Waals surface area contributed by atoms with Crippen LogP contribution in [0.2, 0.25) is 10.0 Å². The van der Waals surface area contributed by atoms with Gasteiger partial charge in [-0.2, -0.15) is 10.2 Å². The molecule has 0 saturated carbocycles. The van der Waals surface area contributed by atoms with E-state index in [4.69, 9.17) is 37.4 Å². The predicted molar refractivity (Wildman–Crippen MR) is 188 cm³/mol. The summed E-state index contributed by atoms with van der Waals surface area (Å²) in [6.45, 7) is 8.44. The van der Waals surface area contributed by atoms with Gasteiger partial charge in [0.25, 0.3) is 0 Å². The summed E-state index contributed by atoms with van der Waals surface area (Å²) >= 11 is 12.9. The van der Waals surface area contributed by atoms with Crippen LogP contribution >= 0.6 is 23.2 Å². The molecular formula is C35H38Cl2N8O4. The molecule has 12 nitrogen and oxygen atoms in total. The Labute approximate surface area is 294 Å². The molecule has 0 bridgehead atoms. The van der Waals surface area contributed by atoms with Gasteiger partial charge >= 0.3 is 5.69 Å². The van der Waals surface area contributed by atoms with Gasteiger partial charge in [0.15, 0.2) is 0 Å². The maximum Gasteiger partial charge on any atom is 0.350 e. The fraction of sp³-hybridized carbons (Fsp3) is 0.371. The first-order chi connectivity index (χ1) is 23.8. The van der Waals surface area contributed by atoms with Crippen molar-refractivity contribution in [1.82, 2.24) is 29.1 Å². The third-order valence-corrected chi connectivity index (χ3v) is 9.71. The number of aromatic nitrogens is 6. The molecule has 0 N–H and O–H groups in total. The van der Waals surface area contributed by atoms with E-state index in [1.165, 1.54) is 11.0 Å². The third kappa shape index (κ3) is 7.04. The Kier molecular flexibility index (Phi) is 9.64. The van der Waals surface area contributed by atoms with Gasteiger partial charge in [0.2, 0.25) is 5.79 Å². The standard InChI is InChI=1S/C35H38Cl2N8O4/c1-3-25(2)45-34(46)44(24-40-45)29-7-5-27(6-8-29)41-14-16-42(17-15-41)28-9-11-30(12-10-28)47-19-31-20-48-35(49-31,21-43-23-38-22-39-43)32-18-26(36)4-13-33(32)37/h4-13,18,22-25,31H,3,14-17,19-21H2,1-2H3. The fourth-order valence-corrected chi connectivity index (χ4v) is 6.67. The van der Waals surface area contributed by atoms with Gasteiger partial charge in [0, 0.05) is 53.2 Å². The summed E-state index contributed by atoms with van der Waals surface area (Å²) in [7, 11) is 0. The Morgan fingerprint density at radius 3 is 2.24 bits per heavy atom. The number of hydrogen-bond acceptors (Lipinski definition) is 9. The SMILES string of the molecule is CCC(C)n1ncn(-c2ccc(N3CCN(c4ccc(OCC5COC(Cn6cncn6)(c6cc(Cl)ccc6Cl)O5)cc4)CC3)cc2)c1=O. The van der Waals surface area contributed by atoms with Crippen LogP contribution in [0.15, 0.2) is 90.5 Å². The summed E-state index contributed by atoms with van der Waals surface area (Å²) < 4.78 is 23.6. The molecule has 2 aromatic heterocycles. The minimum Gasteiger partial charge on any atom is -0.491 e. The first-order valence-corrected chi connectivity index (χ1v) is 17.2. The highest BCUT2D eigenvalue weighted by Gasteiger charge is 2.46. The van der Waals surface area contributed by atoms with Crippen LogP contribution in [0.5, 0.6) is 5.75 Å². The van der Waals surface area contributed by atoms with Crippen molar-refractivity contribution in [1.29, 1.82) is 0 Å². The maximum atomic E-state index is 12.8. The van der Waals surface area contributed by atoms with Crippen molar-refractivity contribution in [3.8, 4) is 11.4 Å². The molecule has 49 heavy (non-hydrogen) atoms. The Morgan fingerprint density at radius 1 is 0.918 bits per heavy atom. The zero-order valence-electron chi connectivity index (χ0n) is 27.4. The number of piperazine rings is 1. The molecule has 0 radical (unpaired) electrons. The first-order valence-electron chi connectivity index (χ1n) is 16.4. The maximum absolute atomic E-state index is 12.8. The minimum atomic E-state index is -1.19. The number of nitrogens with zero attached hydrogens (tertiary/aromatic N) is 8. The lowest BCUT2D eigenvalue weighted by atomic mass is 10.1. The molecule has 0 aliphatic carbocycles. The number of halogens is 2. The van der Waals surface area contributed by atoms with E-state index in [-0.39, 0.29) is 24.4 Å². The summed E-state index contributed by atoms with van der Waals surface area (Å²) in [6.07, 6.45) is 5.17. The summed E-state index contributed by atoms with van der Waals surface area (Å²) in [6, 6.07) is 21.5. The molecule has 4 heterocycles. The second-order valence-corrected chi connectivity index (χ2v) is 13.1. The molecular weight excluding hydrogens is 667 g/mol. The first kappa shape index (κ1) is 33.2. The van der Waals surface area contributed by atoms with Gasteiger partial charge in [0.05, 0.1) is 18.3 Å². The van der Waals surface area contributed by atoms with Crippen LogP contribution in [-0.2, 0) is 21.8 Å². The summed E-state index contributed by atoms with van der Waals surface area (Å²) in [5.74, 6) is -0.441. The molecule has 2 aliphatic heterocycles. The molecule has 0 amide bonds. The van der Waals surface area contributed by atoms with Crippen LogP contribution in [0.4, 0.5) is 11.4 Å². The van der Waals surface area contributed by atoms with Crippen molar-refractivity contribution in [2.75, 3.05) is 49.2 Å². The highest BCUT2D eigenvalue weighted by molar-refractivity contribution is 6.33. The average Bonchev–Trinajstić information content (AvgIpc) is 3.90. The molecule has 3 atom stereocenters. The van der Waals surface area contributed by atoms with Gasteiger partial charge in [0.1, 0.15) is 44.0 Å². The average molecular weight is 706 g/mol. The normalized spacial score (nSPS) is 20.1. The number of rotatable bonds is 11. The minimum absolute atomic E-state index is 0.0642. The van der Waals surface area contributed by atoms with E-state index in [0.717, 1.165) is 55.4 Å². The van der Waals surface area contributed by atoms with Gasteiger partial charge in [-0.3, -0.25) is 0 Å². The lowest BCUT2D eigenvalue weighted by Crippen LogP contribution is -2.46. The number of anilines is 2. The second kappa shape index (κ2) is 14.2. The monoisotopic (exact) mass is 704 g/mol. The Balaban J connectivity index is 0.927. The number of hydrogen-bond donors (Lipinski definition) is 0. The molecule has 14 heteroatoms. The van der Waals surface area contributed by atoms with Gasteiger partial charge < -0.3 is 24.0 Å². The number of ether oxygens (including phenoxy) is 3. The quantitative estimate of drug-likeness (QED) is 0.174. The van der Waals surface area contributed by atoms with E-state index in [2.05, 4.69) is 49.2 Å². The lowest BCUT2D eigenvalue weighted by Gasteiger charge is -2.37. The van der Waals surface area contributed by atoms with Crippen molar-refractivity contribution in [3.63, 3.8) is 0 Å². The van der Waals surface area contributed by atoms with Crippen LogP contribution in [0.25, 0.3) is 5.69 Å². The van der Waals surface area contributed by atoms with Gasteiger partial charge in [-0.25, -0.2) is 23.7 Å². The second-order valence-electron chi connectivity index (χ2n) is 12.3. The molecule has 7 rings (SSSR count). The summed E-state index contributed by atoms with van der Waals surface area (Å²) in [5, 5.41) is 9.54. The van der Waals surface area contributed by atoms with Crippen molar-refractivity contribution in [2.45, 2.75) is 44.7 Å². The van der Waals surface area contributed by atoms with E-state index in [1.807, 2.05) is 38.1 Å². The summed E-state index contributed by atoms with van der Waals surface area (Å²) in [5.41, 5.74) is 3.60. The van der Waals surface area contributed by atoms with Crippen molar-refractivity contribution in [3.05, 3.63) is 112 Å². The van der Waals surface area contributed by atoms with E-state index < -0.39 is 5.79 Å². The fourth-order valence-electron chi connectivity index (χ4n) is 6.23. The van der Waals surface area contributed by atoms with E-state index in [1.54, 1.807) is 40.1 Å². The largest absolute Gasteiger partial charge is 0.491 e. The highest BCUT2D eigenvalue weighted by atomic mass is 35.5. The van der Waals surface area contributed by atoms with Crippen LogP contribution < -0.4 is 20.2 Å². The molecule has 3 unspecified atom stereocenters. The van der Waals surface area contributed by atoms with Crippen LogP contribution in [0, 0.1) is 0 Å². The van der Waals surface area contributed by atoms with Crippen LogP contribution in [-0.4, -0.2) is 74.6 Å². The summed E-state index contributed by atoms with van der Waals surface area (Å²) in [4.78, 5) is 21.6. The van der Waals surface area contributed by atoms with E-state index in [0.29, 0.717) is 28.8 Å². The molecule has 2 saturated heterocycles. The van der Waals surface area contributed by atoms with Crippen molar-refractivity contribution >= 4 is 34.6 Å². The Hall–Kier alpha value is -4.36. The lowest BCUT2D eigenvalue weighted by molar-refractivity contribution is -0.190. The molecule has 3 aromatic carbocycles. The molecule has 2 aliphatic rings. The van der Waals surface area contributed by atoms with Gasteiger partial charge in [-0.05, 0) is 80.1 Å².